The highest BCUT2D eigenvalue weighted by Gasteiger charge is 2.32. The molecule has 0 spiro atoms. The van der Waals surface area contributed by atoms with Gasteiger partial charge in [-0.15, -0.1) is 0 Å². The van der Waals surface area contributed by atoms with E-state index in [1.165, 1.54) is 25.3 Å². The van der Waals surface area contributed by atoms with Crippen molar-refractivity contribution in [1.29, 1.82) is 5.26 Å². The predicted molar refractivity (Wildman–Crippen MR) is 119 cm³/mol. The van der Waals surface area contributed by atoms with Crippen LogP contribution in [0.1, 0.15) is 17.5 Å². The summed E-state index contributed by atoms with van der Waals surface area (Å²) in [6, 6.07) is 6.69. The fourth-order valence-corrected chi connectivity index (χ4v) is 3.30. The van der Waals surface area contributed by atoms with Crippen molar-refractivity contribution in [2.24, 2.45) is 0 Å². The van der Waals surface area contributed by atoms with Gasteiger partial charge in [0, 0.05) is 44.4 Å². The number of carbonyl (C=O) groups excluding carboxylic acids is 1. The standard InChI is InChI=1S/C20H20ClF3N4O7S/c1-32-7-8-33-15-4-3-13(11-27-19(29)35-36(30,31)28-6-2-5-25)17(10-15)34-18-16(21)9-14(12-26-18)20(22,23)24/h3-4,9-10,12,28H,2,6-8,11H2,1H3,(H,27,29). The topological polar surface area (TPSA) is 149 Å². The number of nitrogens with zero attached hydrogens (tertiary/aromatic N) is 2. The van der Waals surface area contributed by atoms with Crippen LogP contribution in [0.15, 0.2) is 30.5 Å². The molecule has 36 heavy (non-hydrogen) atoms. The number of rotatable bonds is 12. The number of carbonyl (C=O) groups is 1. The van der Waals surface area contributed by atoms with E-state index in [1.54, 1.807) is 6.07 Å². The summed E-state index contributed by atoms with van der Waals surface area (Å²) in [5.74, 6) is -0.0677. The number of nitriles is 1. The van der Waals surface area contributed by atoms with Crippen molar-refractivity contribution in [3.8, 4) is 23.4 Å². The summed E-state index contributed by atoms with van der Waals surface area (Å²) in [5.41, 5.74) is -0.829. The molecule has 0 radical (unpaired) electrons. The Hall–Kier alpha value is -3.32. The molecule has 0 aliphatic heterocycles. The molecule has 2 aromatic rings. The summed E-state index contributed by atoms with van der Waals surface area (Å²) < 4.78 is 84.2. The van der Waals surface area contributed by atoms with E-state index < -0.39 is 33.2 Å². The number of aromatic nitrogens is 1. The zero-order valence-corrected chi connectivity index (χ0v) is 20.2. The van der Waals surface area contributed by atoms with Crippen molar-refractivity contribution in [2.75, 3.05) is 26.9 Å². The molecule has 0 fully saturated rings. The second-order valence-electron chi connectivity index (χ2n) is 6.70. The van der Waals surface area contributed by atoms with E-state index in [0.717, 1.165) is 0 Å². The number of ether oxygens (including phenoxy) is 3. The smallest absolute Gasteiger partial charge is 0.423 e. The van der Waals surface area contributed by atoms with Gasteiger partial charge in [0.2, 0.25) is 5.88 Å². The van der Waals surface area contributed by atoms with E-state index in [4.69, 9.17) is 31.1 Å². The van der Waals surface area contributed by atoms with Crippen LogP contribution in [-0.4, -0.2) is 46.4 Å². The molecule has 0 saturated heterocycles. The lowest BCUT2D eigenvalue weighted by Gasteiger charge is -2.15. The monoisotopic (exact) mass is 552 g/mol. The molecule has 0 bridgehead atoms. The third-order valence-electron chi connectivity index (χ3n) is 4.06. The number of nitrogens with one attached hydrogen (secondary N) is 2. The van der Waals surface area contributed by atoms with E-state index in [9.17, 15) is 26.4 Å². The van der Waals surface area contributed by atoms with Crippen molar-refractivity contribution in [3.63, 3.8) is 0 Å². The van der Waals surface area contributed by atoms with Gasteiger partial charge < -0.3 is 23.7 Å². The van der Waals surface area contributed by atoms with Crippen molar-refractivity contribution in [2.45, 2.75) is 19.1 Å². The van der Waals surface area contributed by atoms with Crippen molar-refractivity contribution in [1.82, 2.24) is 15.0 Å². The summed E-state index contributed by atoms with van der Waals surface area (Å²) >= 11 is 5.91. The SMILES string of the molecule is COCCOc1ccc(CNC(=O)OS(=O)(=O)NCCC#N)c(Oc2ncc(C(F)(F)F)cc2Cl)c1. The lowest BCUT2D eigenvalue weighted by Crippen LogP contribution is -2.33. The highest BCUT2D eigenvalue weighted by molar-refractivity contribution is 7.85. The molecule has 0 atom stereocenters. The first kappa shape index (κ1) is 28.9. The van der Waals surface area contributed by atoms with E-state index in [2.05, 4.69) is 14.5 Å². The molecule has 0 unspecified atom stereocenters. The van der Waals surface area contributed by atoms with Crippen LogP contribution in [0.4, 0.5) is 18.0 Å². The Morgan fingerprint density at radius 1 is 1.25 bits per heavy atom. The van der Waals surface area contributed by atoms with Gasteiger partial charge in [0.25, 0.3) is 0 Å². The summed E-state index contributed by atoms with van der Waals surface area (Å²) in [6.07, 6.45) is -5.59. The molecule has 0 saturated carbocycles. The van der Waals surface area contributed by atoms with Crippen LogP contribution in [0.25, 0.3) is 0 Å². The number of halogens is 4. The number of alkyl halides is 3. The van der Waals surface area contributed by atoms with Crippen LogP contribution >= 0.6 is 11.6 Å². The second kappa shape index (κ2) is 13.1. The first-order valence-electron chi connectivity index (χ1n) is 9.94. The molecule has 1 aromatic carbocycles. The van der Waals surface area contributed by atoms with Crippen molar-refractivity contribution in [3.05, 3.63) is 46.6 Å². The Bertz CT molecular complexity index is 1210. The Balaban J connectivity index is 2.20. The second-order valence-corrected chi connectivity index (χ2v) is 8.47. The largest absolute Gasteiger partial charge is 0.491 e. The zero-order chi connectivity index (χ0) is 26.8. The molecule has 1 aromatic heterocycles. The minimum absolute atomic E-state index is 0.00521. The third kappa shape index (κ3) is 9.38. The van der Waals surface area contributed by atoms with Crippen LogP contribution in [0.3, 0.4) is 0 Å². The summed E-state index contributed by atoms with van der Waals surface area (Å²) in [7, 11) is -2.98. The predicted octanol–water partition coefficient (Wildman–Crippen LogP) is 3.55. The molecule has 196 valence electrons. The van der Waals surface area contributed by atoms with Crippen molar-refractivity contribution < 1.29 is 44.8 Å². The highest BCUT2D eigenvalue weighted by Crippen LogP contribution is 2.36. The molecule has 1 heterocycles. The first-order valence-corrected chi connectivity index (χ1v) is 11.7. The molecule has 0 aliphatic carbocycles. The number of amides is 1. The number of hydrogen-bond donors (Lipinski definition) is 2. The van der Waals surface area contributed by atoms with Crippen LogP contribution in [-0.2, 0) is 31.9 Å². The number of hydrogen-bond acceptors (Lipinski definition) is 9. The molecule has 16 heteroatoms. The fraction of sp³-hybridized carbons (Fsp3) is 0.350. The molecular formula is C20H20ClF3N4O7S. The minimum Gasteiger partial charge on any atom is -0.491 e. The maximum atomic E-state index is 12.9. The Kier molecular flexibility index (Phi) is 10.5. The van der Waals surface area contributed by atoms with E-state index in [-0.39, 0.29) is 49.9 Å². The molecule has 1 amide bonds. The lowest BCUT2D eigenvalue weighted by atomic mass is 10.2. The summed E-state index contributed by atoms with van der Waals surface area (Å²) in [4.78, 5) is 15.5. The normalized spacial score (nSPS) is 11.4. The van der Waals surface area contributed by atoms with Gasteiger partial charge in [-0.2, -0.15) is 31.6 Å². The first-order chi connectivity index (χ1) is 16.9. The molecule has 2 N–H and O–H groups in total. The number of methoxy groups -OCH3 is 1. The molecule has 11 nitrogen and oxygen atoms in total. The van der Waals surface area contributed by atoms with Crippen LogP contribution in [0.2, 0.25) is 5.02 Å². The van der Waals surface area contributed by atoms with Crippen LogP contribution in [0.5, 0.6) is 17.4 Å². The van der Waals surface area contributed by atoms with Crippen molar-refractivity contribution >= 4 is 28.0 Å². The molecule has 2 rings (SSSR count). The summed E-state index contributed by atoms with van der Waals surface area (Å²) in [5, 5.41) is 10.2. The van der Waals surface area contributed by atoms with Gasteiger partial charge in [0.05, 0.1) is 18.2 Å². The van der Waals surface area contributed by atoms with Crippen LogP contribution in [0, 0.1) is 11.3 Å². The zero-order valence-electron chi connectivity index (χ0n) is 18.6. The number of benzene rings is 1. The molecule has 0 aliphatic rings. The van der Waals surface area contributed by atoms with Gasteiger partial charge in [-0.1, -0.05) is 11.6 Å². The third-order valence-corrected chi connectivity index (χ3v) is 5.26. The lowest BCUT2D eigenvalue weighted by molar-refractivity contribution is -0.137. The fourth-order valence-electron chi connectivity index (χ4n) is 2.43. The Labute approximate surface area is 209 Å². The Morgan fingerprint density at radius 3 is 2.64 bits per heavy atom. The number of pyridine rings is 1. The average molecular weight is 553 g/mol. The maximum Gasteiger partial charge on any atom is 0.423 e. The van der Waals surface area contributed by atoms with Gasteiger partial charge in [0.15, 0.2) is 0 Å². The van der Waals surface area contributed by atoms with E-state index in [1.807, 2.05) is 4.72 Å². The van der Waals surface area contributed by atoms with Gasteiger partial charge in [0.1, 0.15) is 23.1 Å². The quantitative estimate of drug-likeness (QED) is 0.377. The van der Waals surface area contributed by atoms with E-state index >= 15 is 0 Å². The highest BCUT2D eigenvalue weighted by atomic mass is 35.5. The van der Waals surface area contributed by atoms with Gasteiger partial charge >= 0.3 is 22.6 Å². The summed E-state index contributed by atoms with van der Waals surface area (Å²) in [6.45, 7) is -0.127. The minimum atomic E-state index is -4.66. The van der Waals surface area contributed by atoms with Crippen LogP contribution < -0.4 is 19.5 Å². The average Bonchev–Trinajstić information content (AvgIpc) is 2.79. The van der Waals surface area contributed by atoms with Gasteiger partial charge in [-0.3, -0.25) is 0 Å². The van der Waals surface area contributed by atoms with E-state index in [0.29, 0.717) is 18.0 Å². The maximum absolute atomic E-state index is 12.9. The molecular weight excluding hydrogens is 533 g/mol. The Morgan fingerprint density at radius 2 is 2.00 bits per heavy atom. The van der Waals surface area contributed by atoms with Gasteiger partial charge in [-0.05, 0) is 18.2 Å². The van der Waals surface area contributed by atoms with Gasteiger partial charge in [-0.25, -0.2) is 9.78 Å².